The highest BCUT2D eigenvalue weighted by atomic mass is 32.2. The average Bonchev–Trinajstić information content (AvgIpc) is 2.70. The number of nitrogen functional groups attached to an aromatic ring is 1. The SMILES string of the molecule is NC(=O)c1ccccc1.Nc1nccc(-c2ccc(SCCCO)cc2)n1. The number of aliphatic hydroxyl groups is 1. The van der Waals surface area contributed by atoms with Crippen LogP contribution in [0, 0.1) is 0 Å². The van der Waals surface area contributed by atoms with Gasteiger partial charge in [-0.15, -0.1) is 11.8 Å². The molecule has 0 bridgehead atoms. The Morgan fingerprint density at radius 1 is 1.04 bits per heavy atom. The van der Waals surface area contributed by atoms with E-state index in [1.54, 1.807) is 42.2 Å². The minimum atomic E-state index is -0.379. The van der Waals surface area contributed by atoms with Gasteiger partial charge in [-0.3, -0.25) is 4.79 Å². The number of rotatable bonds is 6. The molecule has 3 aromatic rings. The number of benzene rings is 2. The second kappa shape index (κ2) is 10.9. The normalized spacial score (nSPS) is 9.96. The number of hydrogen-bond acceptors (Lipinski definition) is 6. The number of hydrogen-bond donors (Lipinski definition) is 3. The third-order valence-corrected chi connectivity index (χ3v) is 4.55. The molecule has 140 valence electrons. The molecule has 0 spiro atoms. The smallest absolute Gasteiger partial charge is 0.248 e. The summed E-state index contributed by atoms with van der Waals surface area (Å²) < 4.78 is 0. The first-order chi connectivity index (χ1) is 13.1. The van der Waals surface area contributed by atoms with Crippen LogP contribution in [0.3, 0.4) is 0 Å². The number of carbonyl (C=O) groups excluding carboxylic acids is 1. The number of aromatic nitrogens is 2. The molecule has 1 amide bonds. The first kappa shape index (κ1) is 20.4. The van der Waals surface area contributed by atoms with Gasteiger partial charge in [-0.2, -0.15) is 0 Å². The number of nitrogens with two attached hydrogens (primary N) is 2. The van der Waals surface area contributed by atoms with E-state index in [2.05, 4.69) is 22.1 Å². The second-order valence-electron chi connectivity index (χ2n) is 5.48. The average molecular weight is 382 g/mol. The fourth-order valence-corrected chi connectivity index (χ4v) is 2.95. The van der Waals surface area contributed by atoms with Crippen molar-refractivity contribution in [1.82, 2.24) is 9.97 Å². The van der Waals surface area contributed by atoms with E-state index in [1.165, 1.54) is 4.90 Å². The molecule has 1 heterocycles. The van der Waals surface area contributed by atoms with Crippen LogP contribution < -0.4 is 11.5 Å². The zero-order valence-electron chi connectivity index (χ0n) is 14.8. The third-order valence-electron chi connectivity index (χ3n) is 3.45. The molecule has 0 aliphatic rings. The summed E-state index contributed by atoms with van der Waals surface area (Å²) in [5, 5.41) is 8.72. The summed E-state index contributed by atoms with van der Waals surface area (Å²) in [6.07, 6.45) is 2.47. The predicted molar refractivity (Wildman–Crippen MR) is 109 cm³/mol. The van der Waals surface area contributed by atoms with Crippen LogP contribution in [0.1, 0.15) is 16.8 Å². The number of thioether (sulfide) groups is 1. The molecular weight excluding hydrogens is 360 g/mol. The molecule has 2 aromatic carbocycles. The highest BCUT2D eigenvalue weighted by Crippen LogP contribution is 2.23. The Morgan fingerprint density at radius 2 is 1.74 bits per heavy atom. The van der Waals surface area contributed by atoms with Crippen molar-refractivity contribution in [2.75, 3.05) is 18.1 Å². The van der Waals surface area contributed by atoms with E-state index in [-0.39, 0.29) is 18.5 Å². The lowest BCUT2D eigenvalue weighted by Gasteiger charge is -2.04. The van der Waals surface area contributed by atoms with Gasteiger partial charge in [0, 0.05) is 34.6 Å². The molecule has 0 atom stereocenters. The highest BCUT2D eigenvalue weighted by Gasteiger charge is 2.01. The third kappa shape index (κ3) is 7.08. The van der Waals surface area contributed by atoms with E-state index in [1.807, 2.05) is 24.3 Å². The number of aliphatic hydroxyl groups excluding tert-OH is 1. The molecule has 7 heteroatoms. The lowest BCUT2D eigenvalue weighted by atomic mass is 10.1. The van der Waals surface area contributed by atoms with Crippen LogP contribution in [-0.2, 0) is 0 Å². The topological polar surface area (TPSA) is 115 Å². The zero-order chi connectivity index (χ0) is 19.5. The van der Waals surface area contributed by atoms with E-state index >= 15 is 0 Å². The van der Waals surface area contributed by atoms with Gasteiger partial charge in [-0.1, -0.05) is 30.3 Å². The molecule has 5 N–H and O–H groups in total. The summed E-state index contributed by atoms with van der Waals surface area (Å²) in [6.45, 7) is 0.241. The van der Waals surface area contributed by atoms with Crippen molar-refractivity contribution in [3.63, 3.8) is 0 Å². The van der Waals surface area contributed by atoms with Gasteiger partial charge in [0.1, 0.15) is 0 Å². The van der Waals surface area contributed by atoms with E-state index in [0.717, 1.165) is 23.4 Å². The van der Waals surface area contributed by atoms with Crippen LogP contribution in [0.25, 0.3) is 11.3 Å². The molecule has 0 unspecified atom stereocenters. The van der Waals surface area contributed by atoms with Crippen molar-refractivity contribution < 1.29 is 9.90 Å². The summed E-state index contributed by atoms with van der Waals surface area (Å²) in [5.41, 5.74) is 12.9. The molecule has 0 saturated carbocycles. The van der Waals surface area contributed by atoms with E-state index in [4.69, 9.17) is 16.6 Å². The highest BCUT2D eigenvalue weighted by molar-refractivity contribution is 7.99. The molecule has 1 aromatic heterocycles. The molecule has 0 aliphatic heterocycles. The summed E-state index contributed by atoms with van der Waals surface area (Å²) in [5.74, 6) is 0.834. The summed E-state index contributed by atoms with van der Waals surface area (Å²) in [4.78, 5) is 19.7. The van der Waals surface area contributed by atoms with Gasteiger partial charge >= 0.3 is 0 Å². The van der Waals surface area contributed by atoms with Crippen LogP contribution in [0.4, 0.5) is 5.95 Å². The Bertz CT molecular complexity index is 842. The van der Waals surface area contributed by atoms with Crippen molar-refractivity contribution in [3.8, 4) is 11.3 Å². The molecule has 0 fully saturated rings. The molecule has 0 aliphatic carbocycles. The second-order valence-corrected chi connectivity index (χ2v) is 6.65. The fourth-order valence-electron chi connectivity index (χ4n) is 2.11. The lowest BCUT2D eigenvalue weighted by molar-refractivity contribution is 0.100. The zero-order valence-corrected chi connectivity index (χ0v) is 15.6. The van der Waals surface area contributed by atoms with Crippen molar-refractivity contribution in [3.05, 3.63) is 72.4 Å². The molecule has 27 heavy (non-hydrogen) atoms. The van der Waals surface area contributed by atoms with E-state index < -0.39 is 0 Å². The van der Waals surface area contributed by atoms with Gasteiger partial charge in [-0.25, -0.2) is 9.97 Å². The minimum absolute atomic E-state index is 0.241. The first-order valence-corrected chi connectivity index (χ1v) is 9.36. The molecular formula is C20H22N4O2S. The van der Waals surface area contributed by atoms with Crippen LogP contribution in [-0.4, -0.2) is 33.3 Å². The molecule has 3 rings (SSSR count). The molecule has 0 radical (unpaired) electrons. The summed E-state index contributed by atoms with van der Waals surface area (Å²) >= 11 is 1.73. The largest absolute Gasteiger partial charge is 0.396 e. The minimum Gasteiger partial charge on any atom is -0.396 e. The number of primary amides is 1. The molecule has 0 saturated heterocycles. The Hall–Kier alpha value is -2.90. The Kier molecular flexibility index (Phi) is 8.28. The predicted octanol–water partition coefficient (Wildman–Crippen LogP) is 2.99. The van der Waals surface area contributed by atoms with Gasteiger partial charge in [-0.05, 0) is 36.8 Å². The lowest BCUT2D eigenvalue weighted by Crippen LogP contribution is -2.09. The van der Waals surface area contributed by atoms with Crippen molar-refractivity contribution in [1.29, 1.82) is 0 Å². The Balaban J connectivity index is 0.000000244. The summed E-state index contributed by atoms with van der Waals surface area (Å²) in [7, 11) is 0. The quantitative estimate of drug-likeness (QED) is 0.446. The number of anilines is 1. The van der Waals surface area contributed by atoms with Crippen LogP contribution in [0.2, 0.25) is 0 Å². The van der Waals surface area contributed by atoms with E-state index in [0.29, 0.717) is 5.56 Å². The fraction of sp³-hybridized carbons (Fsp3) is 0.150. The van der Waals surface area contributed by atoms with Crippen molar-refractivity contribution in [2.45, 2.75) is 11.3 Å². The van der Waals surface area contributed by atoms with Gasteiger partial charge in [0.15, 0.2) is 0 Å². The van der Waals surface area contributed by atoms with Crippen LogP contribution >= 0.6 is 11.8 Å². The van der Waals surface area contributed by atoms with Gasteiger partial charge in [0.25, 0.3) is 0 Å². The monoisotopic (exact) mass is 382 g/mol. The maximum atomic E-state index is 10.4. The van der Waals surface area contributed by atoms with Crippen LogP contribution in [0.5, 0.6) is 0 Å². The standard InChI is InChI=1S/C13H15N3OS.C7H7NO/c14-13-15-7-6-12(16-13)10-2-4-11(5-3-10)18-9-1-8-17;8-7(9)6-4-2-1-3-5-6/h2-7,17H,1,8-9H2,(H2,14,15,16);1-5H,(H2,8,9). The van der Waals surface area contributed by atoms with E-state index in [9.17, 15) is 4.79 Å². The summed E-state index contributed by atoms with van der Waals surface area (Å²) in [6, 6.07) is 18.7. The maximum absolute atomic E-state index is 10.4. The van der Waals surface area contributed by atoms with Gasteiger partial charge in [0.05, 0.1) is 5.69 Å². The van der Waals surface area contributed by atoms with Gasteiger partial charge < -0.3 is 16.6 Å². The first-order valence-electron chi connectivity index (χ1n) is 8.37. The number of amides is 1. The Morgan fingerprint density at radius 3 is 2.30 bits per heavy atom. The molecule has 6 nitrogen and oxygen atoms in total. The number of carbonyl (C=O) groups is 1. The maximum Gasteiger partial charge on any atom is 0.248 e. The van der Waals surface area contributed by atoms with Gasteiger partial charge in [0.2, 0.25) is 11.9 Å². The number of nitrogens with zero attached hydrogens (tertiary/aromatic N) is 2. The van der Waals surface area contributed by atoms with Crippen molar-refractivity contribution in [2.24, 2.45) is 5.73 Å². The Labute approximate surface area is 162 Å². The van der Waals surface area contributed by atoms with Crippen LogP contribution in [0.15, 0.2) is 71.8 Å². The van der Waals surface area contributed by atoms with Crippen molar-refractivity contribution >= 4 is 23.6 Å².